The van der Waals surface area contributed by atoms with Gasteiger partial charge in [0, 0.05) is 27.2 Å². The number of ether oxygens (including phenoxy) is 1. The van der Waals surface area contributed by atoms with E-state index in [1.54, 1.807) is 0 Å². The van der Waals surface area contributed by atoms with Gasteiger partial charge in [-0.1, -0.05) is 0 Å². The van der Waals surface area contributed by atoms with Gasteiger partial charge in [-0.05, 0) is 20.3 Å². The lowest BCUT2D eigenvalue weighted by molar-refractivity contribution is 0.116. The number of hydrogen-bond donors (Lipinski definition) is 1. The Balaban J connectivity index is 2.33. The van der Waals surface area contributed by atoms with E-state index < -0.39 is 0 Å². The summed E-state index contributed by atoms with van der Waals surface area (Å²) in [6.07, 6.45) is 1.03. The molecule has 0 bridgehead atoms. The van der Waals surface area contributed by atoms with Crippen LogP contribution in [0, 0.1) is 6.92 Å². The molecule has 2 atom stereocenters. The highest BCUT2D eigenvalue weighted by Crippen LogP contribution is 2.24. The van der Waals surface area contributed by atoms with E-state index in [0.717, 1.165) is 13.0 Å². The van der Waals surface area contributed by atoms with Gasteiger partial charge in [0.2, 0.25) is 11.9 Å². The van der Waals surface area contributed by atoms with Gasteiger partial charge in [-0.15, -0.1) is 0 Å². The third kappa shape index (κ3) is 3.16. The Hall–Kier alpha value is -1.47. The molecular formula is C13H23N5O2. The molecule has 0 aliphatic carbocycles. The number of aryl methyl sites for hydroxylation is 1. The molecule has 2 heterocycles. The van der Waals surface area contributed by atoms with Crippen LogP contribution in [0.1, 0.15) is 19.2 Å². The highest BCUT2D eigenvalue weighted by atomic mass is 16.5. The summed E-state index contributed by atoms with van der Waals surface area (Å²) in [6.45, 7) is 5.19. The molecule has 1 fully saturated rings. The van der Waals surface area contributed by atoms with Crippen LogP contribution >= 0.6 is 0 Å². The van der Waals surface area contributed by atoms with Gasteiger partial charge < -0.3 is 19.6 Å². The second-order valence-corrected chi connectivity index (χ2v) is 5.23. The van der Waals surface area contributed by atoms with Crippen molar-refractivity contribution in [2.75, 3.05) is 43.7 Å². The molecule has 1 N–H and O–H groups in total. The Morgan fingerprint density at radius 1 is 1.25 bits per heavy atom. The number of hydrogen-bond acceptors (Lipinski definition) is 7. The van der Waals surface area contributed by atoms with E-state index in [4.69, 9.17) is 4.74 Å². The SMILES string of the molecule is Cc1nc(N(C)C)nc(N(CCO)C2CCOC2C)n1. The van der Waals surface area contributed by atoms with E-state index in [9.17, 15) is 5.11 Å². The zero-order valence-corrected chi connectivity index (χ0v) is 12.6. The Labute approximate surface area is 119 Å². The van der Waals surface area contributed by atoms with Gasteiger partial charge >= 0.3 is 0 Å². The van der Waals surface area contributed by atoms with E-state index in [0.29, 0.717) is 24.3 Å². The molecule has 0 radical (unpaired) electrons. The molecule has 0 saturated carbocycles. The molecule has 1 saturated heterocycles. The van der Waals surface area contributed by atoms with Crippen LogP contribution in [0.15, 0.2) is 0 Å². The maximum Gasteiger partial charge on any atom is 0.230 e. The zero-order chi connectivity index (χ0) is 14.7. The summed E-state index contributed by atoms with van der Waals surface area (Å²) in [4.78, 5) is 17.1. The fourth-order valence-corrected chi connectivity index (χ4v) is 2.43. The molecule has 1 aliphatic rings. The first kappa shape index (κ1) is 14.9. The van der Waals surface area contributed by atoms with Crippen LogP contribution in [0.5, 0.6) is 0 Å². The van der Waals surface area contributed by atoms with Crippen molar-refractivity contribution < 1.29 is 9.84 Å². The normalized spacial score (nSPS) is 22.1. The van der Waals surface area contributed by atoms with Crippen molar-refractivity contribution in [2.45, 2.75) is 32.4 Å². The fourth-order valence-electron chi connectivity index (χ4n) is 2.43. The van der Waals surface area contributed by atoms with Crippen molar-refractivity contribution in [3.8, 4) is 0 Å². The Morgan fingerprint density at radius 2 is 1.95 bits per heavy atom. The molecule has 112 valence electrons. The summed E-state index contributed by atoms with van der Waals surface area (Å²) in [5.74, 6) is 1.91. The molecular weight excluding hydrogens is 258 g/mol. The standard InChI is InChI=1S/C13H23N5O2/c1-9-11(5-8-20-9)18(6-7-19)13-15-10(2)14-12(16-13)17(3)4/h9,11,19H,5-8H2,1-4H3. The van der Waals surface area contributed by atoms with Crippen LogP contribution < -0.4 is 9.80 Å². The maximum absolute atomic E-state index is 9.33. The highest BCUT2D eigenvalue weighted by Gasteiger charge is 2.31. The molecule has 0 aromatic carbocycles. The van der Waals surface area contributed by atoms with Crippen LogP contribution in [-0.2, 0) is 4.74 Å². The summed E-state index contributed by atoms with van der Waals surface area (Å²) in [5.41, 5.74) is 0. The van der Waals surface area contributed by atoms with Crippen molar-refractivity contribution in [1.29, 1.82) is 0 Å². The van der Waals surface area contributed by atoms with Crippen molar-refractivity contribution >= 4 is 11.9 Å². The summed E-state index contributed by atoms with van der Waals surface area (Å²) >= 11 is 0. The minimum Gasteiger partial charge on any atom is -0.395 e. The molecule has 2 unspecified atom stereocenters. The van der Waals surface area contributed by atoms with E-state index >= 15 is 0 Å². The minimum absolute atomic E-state index is 0.0608. The van der Waals surface area contributed by atoms with Gasteiger partial charge in [-0.25, -0.2) is 0 Å². The molecule has 7 heteroatoms. The smallest absolute Gasteiger partial charge is 0.230 e. The summed E-state index contributed by atoms with van der Waals surface area (Å²) in [7, 11) is 3.80. The van der Waals surface area contributed by atoms with Gasteiger partial charge in [0.25, 0.3) is 0 Å². The Morgan fingerprint density at radius 3 is 2.50 bits per heavy atom. The van der Waals surface area contributed by atoms with Gasteiger partial charge in [0.1, 0.15) is 5.82 Å². The van der Waals surface area contributed by atoms with Gasteiger partial charge in [0.05, 0.1) is 18.8 Å². The number of aliphatic hydroxyl groups is 1. The monoisotopic (exact) mass is 281 g/mol. The second kappa shape index (κ2) is 6.32. The van der Waals surface area contributed by atoms with Gasteiger partial charge in [0.15, 0.2) is 0 Å². The van der Waals surface area contributed by atoms with Crippen LogP contribution in [0.25, 0.3) is 0 Å². The number of anilines is 2. The zero-order valence-electron chi connectivity index (χ0n) is 12.6. The Bertz CT molecular complexity index is 454. The quantitative estimate of drug-likeness (QED) is 0.827. The lowest BCUT2D eigenvalue weighted by Crippen LogP contribution is -2.43. The second-order valence-electron chi connectivity index (χ2n) is 5.23. The molecule has 20 heavy (non-hydrogen) atoms. The number of nitrogens with zero attached hydrogens (tertiary/aromatic N) is 5. The molecule has 0 spiro atoms. The predicted molar refractivity (Wildman–Crippen MR) is 77.1 cm³/mol. The molecule has 1 aromatic heterocycles. The Kier molecular flexibility index (Phi) is 4.72. The van der Waals surface area contributed by atoms with E-state index in [2.05, 4.69) is 15.0 Å². The molecule has 7 nitrogen and oxygen atoms in total. The van der Waals surface area contributed by atoms with Gasteiger partial charge in [-0.2, -0.15) is 15.0 Å². The average Bonchev–Trinajstić information content (AvgIpc) is 2.81. The lowest BCUT2D eigenvalue weighted by Gasteiger charge is -2.30. The first-order chi connectivity index (χ1) is 9.52. The lowest BCUT2D eigenvalue weighted by atomic mass is 10.1. The summed E-state index contributed by atoms with van der Waals surface area (Å²) in [6, 6.07) is 0.193. The van der Waals surface area contributed by atoms with E-state index in [1.165, 1.54) is 0 Å². The third-order valence-electron chi connectivity index (χ3n) is 3.46. The van der Waals surface area contributed by atoms with Crippen LogP contribution in [-0.4, -0.2) is 66.1 Å². The highest BCUT2D eigenvalue weighted by molar-refractivity contribution is 5.39. The van der Waals surface area contributed by atoms with Crippen molar-refractivity contribution in [3.63, 3.8) is 0 Å². The minimum atomic E-state index is 0.0608. The van der Waals surface area contributed by atoms with Crippen molar-refractivity contribution in [2.24, 2.45) is 0 Å². The van der Waals surface area contributed by atoms with Crippen molar-refractivity contribution in [3.05, 3.63) is 5.82 Å². The molecule has 1 aromatic rings. The largest absolute Gasteiger partial charge is 0.395 e. The van der Waals surface area contributed by atoms with Gasteiger partial charge in [-0.3, -0.25) is 0 Å². The van der Waals surface area contributed by atoms with Crippen molar-refractivity contribution in [1.82, 2.24) is 15.0 Å². The number of aliphatic hydroxyl groups excluding tert-OH is 1. The number of aromatic nitrogens is 3. The fraction of sp³-hybridized carbons (Fsp3) is 0.769. The summed E-state index contributed by atoms with van der Waals surface area (Å²) < 4.78 is 5.62. The van der Waals surface area contributed by atoms with Crippen LogP contribution in [0.2, 0.25) is 0 Å². The van der Waals surface area contributed by atoms with E-state index in [-0.39, 0.29) is 18.8 Å². The molecule has 0 amide bonds. The summed E-state index contributed by atoms with van der Waals surface area (Å²) in [5, 5.41) is 9.33. The van der Waals surface area contributed by atoms with Crippen LogP contribution in [0.3, 0.4) is 0 Å². The topological polar surface area (TPSA) is 74.6 Å². The molecule has 1 aliphatic heterocycles. The number of rotatable bonds is 5. The first-order valence-electron chi connectivity index (χ1n) is 6.92. The van der Waals surface area contributed by atoms with Crippen LogP contribution in [0.4, 0.5) is 11.9 Å². The van der Waals surface area contributed by atoms with E-state index in [1.807, 2.05) is 37.7 Å². The average molecular weight is 281 g/mol. The predicted octanol–water partition coefficient (Wildman–Crippen LogP) is 0.222. The molecule has 2 rings (SSSR count). The first-order valence-corrected chi connectivity index (χ1v) is 6.92. The maximum atomic E-state index is 9.33. The third-order valence-corrected chi connectivity index (χ3v) is 3.46.